The first-order chi connectivity index (χ1) is 16.2. The molecule has 0 unspecified atom stereocenters. The minimum Gasteiger partial charge on any atom is -0.483 e. The van der Waals surface area contributed by atoms with Gasteiger partial charge in [0.15, 0.2) is 6.61 Å². The van der Waals surface area contributed by atoms with E-state index in [0.29, 0.717) is 11.4 Å². The van der Waals surface area contributed by atoms with Crippen LogP contribution in [-0.4, -0.2) is 41.5 Å². The second-order valence-electron chi connectivity index (χ2n) is 7.49. The zero-order valence-corrected chi connectivity index (χ0v) is 17.8. The van der Waals surface area contributed by atoms with E-state index in [0.717, 1.165) is 17.7 Å². The van der Waals surface area contributed by atoms with Crippen LogP contribution in [0.1, 0.15) is 23.8 Å². The lowest BCUT2D eigenvalue weighted by Gasteiger charge is -2.17. The molecule has 0 radical (unpaired) electrons. The number of hydrogen-bond acceptors (Lipinski definition) is 7. The maximum atomic E-state index is 12.4. The molecule has 1 fully saturated rings. The van der Waals surface area contributed by atoms with Crippen LogP contribution in [0, 0.1) is 6.92 Å². The Morgan fingerprint density at radius 2 is 1.91 bits per heavy atom. The summed E-state index contributed by atoms with van der Waals surface area (Å²) in [6, 6.07) is 12.1. The number of rotatable bonds is 7. The Hall–Kier alpha value is -4.09. The molecule has 1 atom stereocenters. The molecule has 1 aliphatic heterocycles. The Kier molecular flexibility index (Phi) is 6.39. The Morgan fingerprint density at radius 1 is 1.18 bits per heavy atom. The molecule has 0 aliphatic carbocycles. The standard InChI is InChI=1S/C22H19F3N4O5/c1-13-4-2-3-5-17(13)32-12-18(30)26-21-28-27-20(33-21)14-10-19(31)29(11-14)15-6-8-16(9-7-15)34-22(23,24)25/h2-9,14H,10-12H2,1H3,(H,26,28,30)/t14-/m1/s1. The van der Waals surface area contributed by atoms with E-state index in [1.165, 1.54) is 17.0 Å². The second-order valence-corrected chi connectivity index (χ2v) is 7.49. The number of amides is 2. The molecule has 2 amide bonds. The number of aromatic nitrogens is 2. The highest BCUT2D eigenvalue weighted by Crippen LogP contribution is 2.33. The quantitative estimate of drug-likeness (QED) is 0.553. The summed E-state index contributed by atoms with van der Waals surface area (Å²) in [4.78, 5) is 26.0. The van der Waals surface area contributed by atoms with Crippen LogP contribution in [0.4, 0.5) is 24.9 Å². The van der Waals surface area contributed by atoms with Gasteiger partial charge in [0.2, 0.25) is 11.8 Å². The summed E-state index contributed by atoms with van der Waals surface area (Å²) in [7, 11) is 0. The van der Waals surface area contributed by atoms with E-state index < -0.39 is 18.2 Å². The molecule has 12 heteroatoms. The molecule has 1 aliphatic rings. The third kappa shape index (κ3) is 5.63. The lowest BCUT2D eigenvalue weighted by atomic mass is 10.1. The SMILES string of the molecule is Cc1ccccc1OCC(=O)Nc1nnc([C@@H]2CC(=O)N(c3ccc(OC(F)(F)F)cc3)C2)o1. The van der Waals surface area contributed by atoms with Crippen LogP contribution in [0.2, 0.25) is 0 Å². The summed E-state index contributed by atoms with van der Waals surface area (Å²) in [5.74, 6) is -0.855. The fraction of sp³-hybridized carbons (Fsp3) is 0.273. The number of carbonyl (C=O) groups is 2. The molecular formula is C22H19F3N4O5. The largest absolute Gasteiger partial charge is 0.573 e. The van der Waals surface area contributed by atoms with Gasteiger partial charge < -0.3 is 18.8 Å². The Bertz CT molecular complexity index is 1180. The van der Waals surface area contributed by atoms with Gasteiger partial charge in [-0.05, 0) is 42.8 Å². The van der Waals surface area contributed by atoms with Gasteiger partial charge in [-0.1, -0.05) is 23.3 Å². The summed E-state index contributed by atoms with van der Waals surface area (Å²) >= 11 is 0. The van der Waals surface area contributed by atoms with Crippen LogP contribution in [0.3, 0.4) is 0 Å². The van der Waals surface area contributed by atoms with Crippen molar-refractivity contribution in [3.8, 4) is 11.5 Å². The van der Waals surface area contributed by atoms with Gasteiger partial charge in [0.05, 0.1) is 5.92 Å². The van der Waals surface area contributed by atoms with Crippen molar-refractivity contribution in [1.29, 1.82) is 0 Å². The number of aryl methyl sites for hydroxylation is 1. The lowest BCUT2D eigenvalue weighted by Crippen LogP contribution is -2.24. The molecule has 178 valence electrons. The van der Waals surface area contributed by atoms with Crippen molar-refractivity contribution >= 4 is 23.5 Å². The number of anilines is 2. The molecule has 2 aromatic carbocycles. The molecular weight excluding hydrogens is 457 g/mol. The highest BCUT2D eigenvalue weighted by Gasteiger charge is 2.35. The molecule has 3 aromatic rings. The molecule has 1 saturated heterocycles. The van der Waals surface area contributed by atoms with Crippen molar-refractivity contribution in [2.24, 2.45) is 0 Å². The fourth-order valence-corrected chi connectivity index (χ4v) is 3.42. The lowest BCUT2D eigenvalue weighted by molar-refractivity contribution is -0.274. The van der Waals surface area contributed by atoms with E-state index >= 15 is 0 Å². The maximum Gasteiger partial charge on any atom is 0.573 e. The minimum absolute atomic E-state index is 0.0623. The van der Waals surface area contributed by atoms with Crippen molar-refractivity contribution in [3.05, 3.63) is 60.0 Å². The van der Waals surface area contributed by atoms with Gasteiger partial charge in [-0.3, -0.25) is 14.9 Å². The van der Waals surface area contributed by atoms with Gasteiger partial charge in [-0.2, -0.15) is 0 Å². The van der Waals surface area contributed by atoms with Crippen molar-refractivity contribution in [1.82, 2.24) is 10.2 Å². The molecule has 0 bridgehead atoms. The average molecular weight is 476 g/mol. The molecule has 0 spiro atoms. The number of ether oxygens (including phenoxy) is 2. The Balaban J connectivity index is 1.33. The van der Waals surface area contributed by atoms with Crippen molar-refractivity contribution in [3.63, 3.8) is 0 Å². The molecule has 34 heavy (non-hydrogen) atoms. The third-order valence-corrected chi connectivity index (χ3v) is 5.00. The van der Waals surface area contributed by atoms with Gasteiger partial charge >= 0.3 is 12.4 Å². The summed E-state index contributed by atoms with van der Waals surface area (Å²) in [5.41, 5.74) is 1.29. The van der Waals surface area contributed by atoms with E-state index in [1.807, 2.05) is 19.1 Å². The molecule has 1 aromatic heterocycles. The highest BCUT2D eigenvalue weighted by molar-refractivity contribution is 5.96. The van der Waals surface area contributed by atoms with Crippen LogP contribution in [0.5, 0.6) is 11.5 Å². The van der Waals surface area contributed by atoms with Crippen LogP contribution in [0.15, 0.2) is 52.9 Å². The zero-order valence-electron chi connectivity index (χ0n) is 17.8. The van der Waals surface area contributed by atoms with Crippen LogP contribution in [-0.2, 0) is 9.59 Å². The number of benzene rings is 2. The second kappa shape index (κ2) is 9.41. The highest BCUT2D eigenvalue weighted by atomic mass is 19.4. The normalized spacial score (nSPS) is 15.9. The monoisotopic (exact) mass is 476 g/mol. The van der Waals surface area contributed by atoms with E-state index in [2.05, 4.69) is 20.3 Å². The maximum absolute atomic E-state index is 12.4. The summed E-state index contributed by atoms with van der Waals surface area (Å²) in [5, 5.41) is 10.1. The summed E-state index contributed by atoms with van der Waals surface area (Å²) in [6.07, 6.45) is -4.74. The van der Waals surface area contributed by atoms with E-state index in [1.54, 1.807) is 12.1 Å². The number of nitrogens with one attached hydrogen (secondary N) is 1. The molecule has 2 heterocycles. The molecule has 4 rings (SSSR count). The smallest absolute Gasteiger partial charge is 0.483 e. The fourth-order valence-electron chi connectivity index (χ4n) is 3.42. The number of para-hydroxylation sites is 1. The molecule has 9 nitrogen and oxygen atoms in total. The Morgan fingerprint density at radius 3 is 2.62 bits per heavy atom. The van der Waals surface area contributed by atoms with Crippen molar-refractivity contribution < 1.29 is 36.7 Å². The van der Waals surface area contributed by atoms with Crippen molar-refractivity contribution in [2.45, 2.75) is 25.6 Å². The van der Waals surface area contributed by atoms with E-state index in [-0.39, 0.29) is 43.1 Å². The van der Waals surface area contributed by atoms with Crippen LogP contribution < -0.4 is 19.7 Å². The van der Waals surface area contributed by atoms with Crippen LogP contribution >= 0.6 is 0 Å². The Labute approximate surface area is 191 Å². The van der Waals surface area contributed by atoms with Gasteiger partial charge in [0, 0.05) is 18.7 Å². The minimum atomic E-state index is -4.80. The zero-order chi connectivity index (χ0) is 24.3. The number of nitrogens with zero attached hydrogens (tertiary/aromatic N) is 3. The first kappa shape index (κ1) is 23.1. The van der Waals surface area contributed by atoms with Gasteiger partial charge in [0.25, 0.3) is 5.91 Å². The number of halogens is 3. The summed E-state index contributed by atoms with van der Waals surface area (Å²) in [6.45, 7) is 1.78. The summed E-state index contributed by atoms with van der Waals surface area (Å²) < 4.78 is 51.7. The van der Waals surface area contributed by atoms with Gasteiger partial charge in [-0.15, -0.1) is 18.3 Å². The molecule has 1 N–H and O–H groups in total. The number of carbonyl (C=O) groups excluding carboxylic acids is 2. The first-order valence-electron chi connectivity index (χ1n) is 10.2. The third-order valence-electron chi connectivity index (χ3n) is 5.00. The van der Waals surface area contributed by atoms with Crippen LogP contribution in [0.25, 0.3) is 0 Å². The predicted molar refractivity (Wildman–Crippen MR) is 112 cm³/mol. The van der Waals surface area contributed by atoms with Gasteiger partial charge in [0.1, 0.15) is 11.5 Å². The number of alkyl halides is 3. The number of hydrogen-bond donors (Lipinski definition) is 1. The average Bonchev–Trinajstić information content (AvgIpc) is 3.39. The van der Waals surface area contributed by atoms with E-state index in [9.17, 15) is 22.8 Å². The molecule has 0 saturated carbocycles. The predicted octanol–water partition coefficient (Wildman–Crippen LogP) is 3.81. The van der Waals surface area contributed by atoms with Gasteiger partial charge in [-0.25, -0.2) is 0 Å². The van der Waals surface area contributed by atoms with E-state index in [4.69, 9.17) is 9.15 Å². The van der Waals surface area contributed by atoms with Crippen molar-refractivity contribution in [2.75, 3.05) is 23.4 Å². The first-order valence-corrected chi connectivity index (χ1v) is 10.2. The topological polar surface area (TPSA) is 107 Å².